The smallest absolute Gasteiger partial charge is 0.170 e. The molecule has 2 aromatic rings. The van der Waals surface area contributed by atoms with E-state index in [0.29, 0.717) is 6.54 Å². The second-order valence-electron chi connectivity index (χ2n) is 3.88. The minimum Gasteiger partial charge on any atom is -0.313 e. The number of aryl methyl sites for hydroxylation is 2. The van der Waals surface area contributed by atoms with Gasteiger partial charge in [-0.15, -0.1) is 5.10 Å². The van der Waals surface area contributed by atoms with Crippen LogP contribution in [0, 0.1) is 13.8 Å². The zero-order valence-corrected chi connectivity index (χ0v) is 9.73. The molecule has 1 aromatic carbocycles. The number of nitrogens with one attached hydrogen (secondary N) is 1. The lowest BCUT2D eigenvalue weighted by Gasteiger charge is -2.06. The number of nitrogens with zero attached hydrogens (tertiary/aromatic N) is 4. The Balaban J connectivity index is 2.45. The van der Waals surface area contributed by atoms with Crippen molar-refractivity contribution in [2.24, 2.45) is 0 Å². The molecule has 0 aliphatic rings. The number of tetrazole rings is 1. The van der Waals surface area contributed by atoms with Gasteiger partial charge in [0, 0.05) is 0 Å². The molecule has 2 rings (SSSR count). The molecule has 1 N–H and O–H groups in total. The number of aromatic nitrogens is 4. The fourth-order valence-electron chi connectivity index (χ4n) is 1.75. The molecule has 0 aliphatic heterocycles. The first kappa shape index (κ1) is 10.8. The van der Waals surface area contributed by atoms with E-state index in [1.54, 1.807) is 4.68 Å². The number of hydrogen-bond donors (Lipinski definition) is 1. The van der Waals surface area contributed by atoms with Gasteiger partial charge in [0.1, 0.15) is 0 Å². The second-order valence-corrected chi connectivity index (χ2v) is 3.88. The lowest BCUT2D eigenvalue weighted by molar-refractivity contribution is 0.708. The largest absolute Gasteiger partial charge is 0.313 e. The Morgan fingerprint density at radius 3 is 2.50 bits per heavy atom. The Hall–Kier alpha value is -1.75. The van der Waals surface area contributed by atoms with E-state index >= 15 is 0 Å². The van der Waals surface area contributed by atoms with Crippen molar-refractivity contribution in [3.05, 3.63) is 35.2 Å². The van der Waals surface area contributed by atoms with Gasteiger partial charge in [-0.2, -0.15) is 4.68 Å². The summed E-state index contributed by atoms with van der Waals surface area (Å²) in [6.45, 7) is 4.79. The summed E-state index contributed by atoms with van der Waals surface area (Å²) in [4.78, 5) is 0. The van der Waals surface area contributed by atoms with Crippen LogP contribution in [0.4, 0.5) is 0 Å². The summed E-state index contributed by atoms with van der Waals surface area (Å²) < 4.78 is 1.76. The lowest BCUT2D eigenvalue weighted by atomic mass is 10.1. The quantitative estimate of drug-likeness (QED) is 0.833. The molecule has 5 heteroatoms. The van der Waals surface area contributed by atoms with Crippen LogP contribution in [-0.4, -0.2) is 27.3 Å². The maximum atomic E-state index is 4.00. The molecule has 0 atom stereocenters. The average molecular weight is 217 g/mol. The van der Waals surface area contributed by atoms with Gasteiger partial charge in [-0.1, -0.05) is 6.07 Å². The normalized spacial score (nSPS) is 10.7. The predicted molar refractivity (Wildman–Crippen MR) is 61.4 cm³/mol. The summed E-state index contributed by atoms with van der Waals surface area (Å²) in [5.74, 6) is 0.812. The van der Waals surface area contributed by atoms with E-state index in [1.165, 1.54) is 11.1 Å². The van der Waals surface area contributed by atoms with E-state index in [1.807, 2.05) is 7.05 Å². The first-order valence-corrected chi connectivity index (χ1v) is 5.21. The molecule has 0 spiro atoms. The fraction of sp³-hybridized carbons (Fsp3) is 0.364. The van der Waals surface area contributed by atoms with Gasteiger partial charge in [0.2, 0.25) is 0 Å². The Kier molecular flexibility index (Phi) is 2.96. The number of rotatable bonds is 3. The minimum absolute atomic E-state index is 0.653. The van der Waals surface area contributed by atoms with Crippen LogP contribution in [0.1, 0.15) is 17.0 Å². The highest BCUT2D eigenvalue weighted by atomic mass is 15.5. The van der Waals surface area contributed by atoms with Crippen molar-refractivity contribution in [1.82, 2.24) is 25.5 Å². The molecule has 0 aliphatic carbocycles. The fourth-order valence-corrected chi connectivity index (χ4v) is 1.75. The van der Waals surface area contributed by atoms with E-state index < -0.39 is 0 Å². The van der Waals surface area contributed by atoms with Crippen LogP contribution >= 0.6 is 0 Å². The highest BCUT2D eigenvalue weighted by molar-refractivity contribution is 5.38. The molecule has 0 saturated carbocycles. The van der Waals surface area contributed by atoms with Crippen LogP contribution in [0.3, 0.4) is 0 Å². The predicted octanol–water partition coefficient (Wildman–Crippen LogP) is 0.999. The maximum absolute atomic E-state index is 4.00. The summed E-state index contributed by atoms with van der Waals surface area (Å²) in [7, 11) is 1.88. The van der Waals surface area contributed by atoms with E-state index in [9.17, 15) is 0 Å². The van der Waals surface area contributed by atoms with Gasteiger partial charge in [-0.25, -0.2) is 0 Å². The van der Waals surface area contributed by atoms with Crippen molar-refractivity contribution in [2.45, 2.75) is 20.4 Å². The molecule has 5 nitrogen and oxygen atoms in total. The standard InChI is InChI=1S/C11H15N5/c1-8-4-9(2)6-10(5-8)16-11(7-12-3)13-14-15-16/h4-6,12H,7H2,1-3H3. The van der Waals surface area contributed by atoms with Crippen LogP contribution in [-0.2, 0) is 6.54 Å². The summed E-state index contributed by atoms with van der Waals surface area (Å²) in [6.07, 6.45) is 0. The molecule has 0 amide bonds. The summed E-state index contributed by atoms with van der Waals surface area (Å²) in [6, 6.07) is 6.27. The van der Waals surface area contributed by atoms with Gasteiger partial charge in [-0.3, -0.25) is 0 Å². The molecule has 0 radical (unpaired) electrons. The third-order valence-corrected chi connectivity index (χ3v) is 2.32. The molecule has 16 heavy (non-hydrogen) atoms. The van der Waals surface area contributed by atoms with E-state index in [2.05, 4.69) is 52.9 Å². The lowest BCUT2D eigenvalue weighted by Crippen LogP contribution is -2.12. The first-order valence-electron chi connectivity index (χ1n) is 5.21. The average Bonchev–Trinajstić information content (AvgIpc) is 2.65. The van der Waals surface area contributed by atoms with Crippen molar-refractivity contribution in [2.75, 3.05) is 7.05 Å². The molecule has 0 fully saturated rings. The van der Waals surface area contributed by atoms with Crippen molar-refractivity contribution in [3.8, 4) is 5.69 Å². The van der Waals surface area contributed by atoms with Crippen molar-refractivity contribution < 1.29 is 0 Å². The Morgan fingerprint density at radius 1 is 1.19 bits per heavy atom. The third kappa shape index (κ3) is 2.09. The SMILES string of the molecule is CNCc1nnnn1-c1cc(C)cc(C)c1. The Bertz CT molecular complexity index is 469. The van der Waals surface area contributed by atoms with E-state index in [4.69, 9.17) is 0 Å². The van der Waals surface area contributed by atoms with Gasteiger partial charge < -0.3 is 5.32 Å². The molecule has 84 valence electrons. The zero-order chi connectivity index (χ0) is 11.5. The van der Waals surface area contributed by atoms with Crippen LogP contribution in [0.5, 0.6) is 0 Å². The Morgan fingerprint density at radius 2 is 1.88 bits per heavy atom. The number of benzene rings is 1. The van der Waals surface area contributed by atoms with Crippen LogP contribution in [0.2, 0.25) is 0 Å². The molecule has 1 aromatic heterocycles. The van der Waals surface area contributed by atoms with Crippen molar-refractivity contribution >= 4 is 0 Å². The number of hydrogen-bond acceptors (Lipinski definition) is 4. The second kappa shape index (κ2) is 4.40. The highest BCUT2D eigenvalue weighted by Crippen LogP contribution is 2.13. The molecule has 0 bridgehead atoms. The van der Waals surface area contributed by atoms with Crippen LogP contribution < -0.4 is 5.32 Å². The molecule has 0 unspecified atom stereocenters. The van der Waals surface area contributed by atoms with Crippen LogP contribution in [0.25, 0.3) is 5.69 Å². The Labute approximate surface area is 94.5 Å². The zero-order valence-electron chi connectivity index (χ0n) is 9.73. The van der Waals surface area contributed by atoms with Gasteiger partial charge in [0.15, 0.2) is 5.82 Å². The van der Waals surface area contributed by atoms with Gasteiger partial charge in [0.25, 0.3) is 0 Å². The van der Waals surface area contributed by atoms with E-state index in [-0.39, 0.29) is 0 Å². The molecule has 1 heterocycles. The topological polar surface area (TPSA) is 55.6 Å². The third-order valence-electron chi connectivity index (χ3n) is 2.32. The highest BCUT2D eigenvalue weighted by Gasteiger charge is 2.07. The first-order chi connectivity index (χ1) is 7.70. The molecular weight excluding hydrogens is 202 g/mol. The molecular formula is C11H15N5. The van der Waals surface area contributed by atoms with Gasteiger partial charge in [0.05, 0.1) is 12.2 Å². The van der Waals surface area contributed by atoms with Crippen LogP contribution in [0.15, 0.2) is 18.2 Å². The van der Waals surface area contributed by atoms with Crippen molar-refractivity contribution in [3.63, 3.8) is 0 Å². The maximum Gasteiger partial charge on any atom is 0.170 e. The molecule has 0 saturated heterocycles. The van der Waals surface area contributed by atoms with Gasteiger partial charge >= 0.3 is 0 Å². The summed E-state index contributed by atoms with van der Waals surface area (Å²) in [5.41, 5.74) is 3.43. The minimum atomic E-state index is 0.653. The summed E-state index contributed by atoms with van der Waals surface area (Å²) in [5, 5.41) is 14.7. The monoisotopic (exact) mass is 217 g/mol. The van der Waals surface area contributed by atoms with Crippen molar-refractivity contribution in [1.29, 1.82) is 0 Å². The van der Waals surface area contributed by atoms with Gasteiger partial charge in [-0.05, 0) is 54.6 Å². The van der Waals surface area contributed by atoms with E-state index in [0.717, 1.165) is 11.5 Å². The summed E-state index contributed by atoms with van der Waals surface area (Å²) >= 11 is 0.